The zero-order valence-corrected chi connectivity index (χ0v) is 11.6. The Morgan fingerprint density at radius 2 is 2.30 bits per heavy atom. The van der Waals surface area contributed by atoms with Gasteiger partial charge in [0.15, 0.2) is 0 Å². The predicted molar refractivity (Wildman–Crippen MR) is 75.4 cm³/mol. The molecule has 1 heterocycles. The second-order valence-corrected chi connectivity index (χ2v) is 4.87. The Morgan fingerprint density at radius 1 is 1.45 bits per heavy atom. The summed E-state index contributed by atoms with van der Waals surface area (Å²) in [4.78, 5) is 10.3. The fraction of sp³-hybridized carbons (Fsp3) is 0.571. The minimum atomic E-state index is -0.464. The first-order valence-corrected chi connectivity index (χ1v) is 6.89. The average molecular weight is 280 g/mol. The molecule has 0 aliphatic carbocycles. The second-order valence-electron chi connectivity index (χ2n) is 4.87. The fourth-order valence-electron chi connectivity index (χ4n) is 2.39. The molecule has 0 spiro atoms. The van der Waals surface area contributed by atoms with Crippen molar-refractivity contribution < 1.29 is 14.4 Å². The molecule has 1 fully saturated rings. The van der Waals surface area contributed by atoms with E-state index >= 15 is 0 Å². The van der Waals surface area contributed by atoms with Crippen molar-refractivity contribution in [2.24, 2.45) is 0 Å². The molecule has 1 saturated heterocycles. The number of nitro benzene ring substituents is 1. The van der Waals surface area contributed by atoms with Gasteiger partial charge in [0.1, 0.15) is 5.75 Å². The number of nitrogens with zero attached hydrogens (tertiary/aromatic N) is 1. The van der Waals surface area contributed by atoms with Crippen LogP contribution >= 0.6 is 0 Å². The summed E-state index contributed by atoms with van der Waals surface area (Å²) in [6.45, 7) is 1.68. The summed E-state index contributed by atoms with van der Waals surface area (Å²) in [5.74, 6) is 0.826. The Hall–Kier alpha value is -1.82. The Balaban J connectivity index is 1.87. The van der Waals surface area contributed by atoms with Crippen molar-refractivity contribution in [3.63, 3.8) is 0 Å². The number of benzene rings is 1. The van der Waals surface area contributed by atoms with Gasteiger partial charge < -0.3 is 14.8 Å². The van der Waals surface area contributed by atoms with E-state index in [1.165, 1.54) is 32.4 Å². The monoisotopic (exact) mass is 280 g/mol. The van der Waals surface area contributed by atoms with Crippen LogP contribution in [0.5, 0.6) is 11.5 Å². The first-order valence-electron chi connectivity index (χ1n) is 6.89. The quantitative estimate of drug-likeness (QED) is 0.640. The van der Waals surface area contributed by atoms with Gasteiger partial charge in [-0.25, -0.2) is 0 Å². The van der Waals surface area contributed by atoms with Crippen LogP contribution in [0.2, 0.25) is 0 Å². The third-order valence-corrected chi connectivity index (χ3v) is 3.50. The summed E-state index contributed by atoms with van der Waals surface area (Å²) < 4.78 is 10.7. The standard InChI is InChI=1S/C14H20N2O4/c1-19-14-10-12(5-6-13(14)16(17)18)20-9-7-11-4-2-3-8-15-11/h5-6,10-11,15H,2-4,7-9H2,1H3. The molecule has 1 N–H and O–H groups in total. The lowest BCUT2D eigenvalue weighted by molar-refractivity contribution is -0.385. The van der Waals surface area contributed by atoms with Crippen molar-refractivity contribution in [2.75, 3.05) is 20.3 Å². The normalized spacial score (nSPS) is 18.6. The minimum Gasteiger partial charge on any atom is -0.493 e. The molecular formula is C14H20N2O4. The molecule has 1 atom stereocenters. The second kappa shape index (κ2) is 7.09. The Kier molecular flexibility index (Phi) is 5.17. The van der Waals surface area contributed by atoms with Crippen molar-refractivity contribution in [1.82, 2.24) is 5.32 Å². The van der Waals surface area contributed by atoms with Crippen molar-refractivity contribution >= 4 is 5.69 Å². The van der Waals surface area contributed by atoms with Crippen molar-refractivity contribution in [1.29, 1.82) is 0 Å². The van der Waals surface area contributed by atoms with Gasteiger partial charge in [0.25, 0.3) is 0 Å². The predicted octanol–water partition coefficient (Wildman–Crippen LogP) is 2.51. The molecule has 1 aliphatic heterocycles. The summed E-state index contributed by atoms with van der Waals surface area (Å²) in [6.07, 6.45) is 4.65. The van der Waals surface area contributed by atoms with Crippen LogP contribution in [-0.2, 0) is 0 Å². The van der Waals surface area contributed by atoms with Crippen LogP contribution < -0.4 is 14.8 Å². The lowest BCUT2D eigenvalue weighted by Gasteiger charge is -2.23. The van der Waals surface area contributed by atoms with E-state index in [1.807, 2.05) is 0 Å². The molecule has 1 aromatic carbocycles. The molecule has 0 amide bonds. The SMILES string of the molecule is COc1cc(OCCC2CCCCN2)ccc1[N+](=O)[O-]. The highest BCUT2D eigenvalue weighted by molar-refractivity contribution is 5.50. The molecule has 0 aromatic heterocycles. The van der Waals surface area contributed by atoms with Crippen molar-refractivity contribution in [3.05, 3.63) is 28.3 Å². The maximum atomic E-state index is 10.8. The van der Waals surface area contributed by atoms with Gasteiger partial charge in [-0.05, 0) is 31.9 Å². The van der Waals surface area contributed by atoms with Gasteiger partial charge in [0, 0.05) is 18.2 Å². The molecule has 20 heavy (non-hydrogen) atoms. The Morgan fingerprint density at radius 3 is 2.95 bits per heavy atom. The molecule has 6 heteroatoms. The molecule has 1 aliphatic rings. The number of hydrogen-bond donors (Lipinski definition) is 1. The topological polar surface area (TPSA) is 73.6 Å². The first kappa shape index (κ1) is 14.6. The van der Waals surface area contributed by atoms with Crippen LogP contribution in [0, 0.1) is 10.1 Å². The zero-order valence-electron chi connectivity index (χ0n) is 11.6. The maximum absolute atomic E-state index is 10.8. The lowest BCUT2D eigenvalue weighted by atomic mass is 10.0. The van der Waals surface area contributed by atoms with E-state index < -0.39 is 4.92 Å². The fourth-order valence-corrected chi connectivity index (χ4v) is 2.39. The van der Waals surface area contributed by atoms with Crippen LogP contribution in [0.3, 0.4) is 0 Å². The third kappa shape index (κ3) is 3.84. The van der Waals surface area contributed by atoms with E-state index in [4.69, 9.17) is 9.47 Å². The maximum Gasteiger partial charge on any atom is 0.311 e. The van der Waals surface area contributed by atoms with Gasteiger partial charge >= 0.3 is 5.69 Å². The summed E-state index contributed by atoms with van der Waals surface area (Å²) in [5.41, 5.74) is -0.0474. The number of nitro groups is 1. The van der Waals surface area contributed by atoms with Gasteiger partial charge in [-0.3, -0.25) is 10.1 Å². The molecule has 110 valence electrons. The largest absolute Gasteiger partial charge is 0.493 e. The van der Waals surface area contributed by atoms with E-state index in [1.54, 1.807) is 12.1 Å². The molecule has 1 aromatic rings. The number of ether oxygens (including phenoxy) is 2. The van der Waals surface area contributed by atoms with E-state index in [0.717, 1.165) is 13.0 Å². The Bertz CT molecular complexity index is 458. The van der Waals surface area contributed by atoms with Gasteiger partial charge in [-0.2, -0.15) is 0 Å². The van der Waals surface area contributed by atoms with Crippen LogP contribution in [0.25, 0.3) is 0 Å². The summed E-state index contributed by atoms with van der Waals surface area (Å²) in [6, 6.07) is 5.10. The minimum absolute atomic E-state index is 0.0474. The van der Waals surface area contributed by atoms with Crippen LogP contribution in [0.1, 0.15) is 25.7 Å². The molecule has 2 rings (SSSR count). The summed E-state index contributed by atoms with van der Waals surface area (Å²) in [7, 11) is 1.41. The molecule has 6 nitrogen and oxygen atoms in total. The molecule has 0 saturated carbocycles. The third-order valence-electron chi connectivity index (χ3n) is 3.50. The highest BCUT2D eigenvalue weighted by Crippen LogP contribution is 2.30. The highest BCUT2D eigenvalue weighted by Gasteiger charge is 2.16. The number of methoxy groups -OCH3 is 1. The average Bonchev–Trinajstić information content (AvgIpc) is 2.48. The van der Waals surface area contributed by atoms with E-state index in [0.29, 0.717) is 18.4 Å². The van der Waals surface area contributed by atoms with Crippen LogP contribution in [0.4, 0.5) is 5.69 Å². The van der Waals surface area contributed by atoms with Gasteiger partial charge in [-0.15, -0.1) is 0 Å². The molecule has 0 bridgehead atoms. The first-order chi connectivity index (χ1) is 9.70. The summed E-state index contributed by atoms with van der Waals surface area (Å²) >= 11 is 0. The number of rotatable bonds is 6. The molecule has 0 radical (unpaired) electrons. The lowest BCUT2D eigenvalue weighted by Crippen LogP contribution is -2.35. The zero-order chi connectivity index (χ0) is 14.4. The number of hydrogen-bond acceptors (Lipinski definition) is 5. The van der Waals surface area contributed by atoms with Gasteiger partial charge in [-0.1, -0.05) is 6.42 Å². The number of nitrogens with one attached hydrogen (secondary N) is 1. The highest BCUT2D eigenvalue weighted by atomic mass is 16.6. The van der Waals surface area contributed by atoms with Crippen molar-refractivity contribution in [2.45, 2.75) is 31.7 Å². The summed E-state index contributed by atoms with van der Waals surface area (Å²) in [5, 5.41) is 14.2. The molecular weight excluding hydrogens is 260 g/mol. The smallest absolute Gasteiger partial charge is 0.311 e. The van der Waals surface area contributed by atoms with Crippen LogP contribution in [0.15, 0.2) is 18.2 Å². The van der Waals surface area contributed by atoms with E-state index in [-0.39, 0.29) is 11.4 Å². The van der Waals surface area contributed by atoms with Crippen LogP contribution in [-0.4, -0.2) is 31.2 Å². The molecule has 1 unspecified atom stereocenters. The van der Waals surface area contributed by atoms with E-state index in [2.05, 4.69) is 5.32 Å². The van der Waals surface area contributed by atoms with E-state index in [9.17, 15) is 10.1 Å². The van der Waals surface area contributed by atoms with Gasteiger partial charge in [0.05, 0.1) is 18.6 Å². The van der Waals surface area contributed by atoms with Crippen molar-refractivity contribution in [3.8, 4) is 11.5 Å². The Labute approximate surface area is 118 Å². The van der Waals surface area contributed by atoms with Gasteiger partial charge in [0.2, 0.25) is 5.75 Å². The number of piperidine rings is 1.